The lowest BCUT2D eigenvalue weighted by Crippen LogP contribution is -2.57. The molecule has 0 aromatic heterocycles. The van der Waals surface area contributed by atoms with Crippen LogP contribution in [0, 0.1) is 5.92 Å². The zero-order chi connectivity index (χ0) is 15.2. The molecule has 1 aliphatic carbocycles. The van der Waals surface area contributed by atoms with E-state index in [0.717, 1.165) is 19.0 Å². The standard InChI is InChI=1S/C15H27N3O3/c1-21-14(19)9-13-11-18(15(16)20)8-7-17(13)10-12-5-3-2-4-6-12/h12-13H,2-11H2,1H3,(H2,16,20). The van der Waals surface area contributed by atoms with Gasteiger partial charge < -0.3 is 15.4 Å². The summed E-state index contributed by atoms with van der Waals surface area (Å²) in [5, 5.41) is 0. The zero-order valence-electron chi connectivity index (χ0n) is 12.9. The van der Waals surface area contributed by atoms with Crippen LogP contribution in [-0.4, -0.2) is 61.1 Å². The summed E-state index contributed by atoms with van der Waals surface area (Å²) in [5.41, 5.74) is 5.37. The Morgan fingerprint density at radius 2 is 1.90 bits per heavy atom. The molecule has 0 radical (unpaired) electrons. The minimum atomic E-state index is -0.401. The quantitative estimate of drug-likeness (QED) is 0.791. The van der Waals surface area contributed by atoms with E-state index in [1.807, 2.05) is 0 Å². The molecule has 2 amide bonds. The number of piperazine rings is 1. The Morgan fingerprint density at radius 3 is 2.52 bits per heavy atom. The highest BCUT2D eigenvalue weighted by Gasteiger charge is 2.32. The number of hydrogen-bond acceptors (Lipinski definition) is 4. The smallest absolute Gasteiger partial charge is 0.314 e. The molecule has 2 aliphatic rings. The maximum atomic E-state index is 11.6. The van der Waals surface area contributed by atoms with Crippen molar-refractivity contribution in [3.05, 3.63) is 0 Å². The molecule has 0 spiro atoms. The summed E-state index contributed by atoms with van der Waals surface area (Å²) >= 11 is 0. The molecule has 0 aromatic carbocycles. The van der Waals surface area contributed by atoms with Crippen LogP contribution in [0.3, 0.4) is 0 Å². The number of nitrogens with zero attached hydrogens (tertiary/aromatic N) is 2. The topological polar surface area (TPSA) is 75.9 Å². The first-order valence-corrected chi connectivity index (χ1v) is 7.95. The molecular formula is C15H27N3O3. The highest BCUT2D eigenvalue weighted by Crippen LogP contribution is 2.26. The molecule has 0 aromatic rings. The Morgan fingerprint density at radius 1 is 1.19 bits per heavy atom. The molecule has 21 heavy (non-hydrogen) atoms. The van der Waals surface area contributed by atoms with Crippen LogP contribution in [0.1, 0.15) is 38.5 Å². The van der Waals surface area contributed by atoms with Crippen LogP contribution in [-0.2, 0) is 9.53 Å². The number of methoxy groups -OCH3 is 1. The Hall–Kier alpha value is -1.30. The maximum absolute atomic E-state index is 11.6. The molecule has 120 valence electrons. The van der Waals surface area contributed by atoms with Crippen LogP contribution < -0.4 is 5.73 Å². The maximum Gasteiger partial charge on any atom is 0.314 e. The van der Waals surface area contributed by atoms with Gasteiger partial charge in [0, 0.05) is 32.2 Å². The molecular weight excluding hydrogens is 270 g/mol. The van der Waals surface area contributed by atoms with Gasteiger partial charge in [0.15, 0.2) is 0 Å². The monoisotopic (exact) mass is 297 g/mol. The fraction of sp³-hybridized carbons (Fsp3) is 0.867. The molecule has 1 unspecified atom stereocenters. The molecule has 6 nitrogen and oxygen atoms in total. The number of carbonyl (C=O) groups is 2. The van der Waals surface area contributed by atoms with E-state index in [1.165, 1.54) is 39.2 Å². The van der Waals surface area contributed by atoms with Gasteiger partial charge in [0.25, 0.3) is 0 Å². The van der Waals surface area contributed by atoms with E-state index in [4.69, 9.17) is 10.5 Å². The van der Waals surface area contributed by atoms with Gasteiger partial charge in [-0.25, -0.2) is 4.79 Å². The summed E-state index contributed by atoms with van der Waals surface area (Å²) < 4.78 is 4.79. The van der Waals surface area contributed by atoms with Crippen molar-refractivity contribution in [2.75, 3.05) is 33.3 Å². The van der Waals surface area contributed by atoms with Gasteiger partial charge in [0.2, 0.25) is 0 Å². The summed E-state index contributed by atoms with van der Waals surface area (Å²) in [7, 11) is 1.41. The van der Waals surface area contributed by atoms with E-state index in [0.29, 0.717) is 19.5 Å². The van der Waals surface area contributed by atoms with Gasteiger partial charge >= 0.3 is 12.0 Å². The number of urea groups is 1. The molecule has 1 saturated heterocycles. The van der Waals surface area contributed by atoms with E-state index in [2.05, 4.69) is 4.90 Å². The second-order valence-corrected chi connectivity index (χ2v) is 6.22. The highest BCUT2D eigenvalue weighted by atomic mass is 16.5. The number of amides is 2. The van der Waals surface area contributed by atoms with Crippen molar-refractivity contribution in [2.24, 2.45) is 11.7 Å². The van der Waals surface area contributed by atoms with Gasteiger partial charge in [-0.15, -0.1) is 0 Å². The first-order chi connectivity index (χ1) is 10.1. The van der Waals surface area contributed by atoms with Gasteiger partial charge in [0.05, 0.1) is 13.5 Å². The number of rotatable bonds is 4. The molecule has 1 aliphatic heterocycles. The second kappa shape index (κ2) is 7.64. The third kappa shape index (κ3) is 4.59. The van der Waals surface area contributed by atoms with Gasteiger partial charge in [-0.3, -0.25) is 9.69 Å². The fourth-order valence-corrected chi connectivity index (χ4v) is 3.50. The van der Waals surface area contributed by atoms with Crippen LogP contribution in [0.5, 0.6) is 0 Å². The molecule has 0 bridgehead atoms. The summed E-state index contributed by atoms with van der Waals surface area (Å²) in [4.78, 5) is 27.0. The number of primary amides is 1. The summed E-state index contributed by atoms with van der Waals surface area (Å²) in [6.45, 7) is 2.99. The fourth-order valence-electron chi connectivity index (χ4n) is 3.50. The third-order valence-electron chi connectivity index (χ3n) is 4.76. The van der Waals surface area contributed by atoms with Crippen LogP contribution in [0.15, 0.2) is 0 Å². The van der Waals surface area contributed by atoms with Gasteiger partial charge in [-0.05, 0) is 18.8 Å². The van der Waals surface area contributed by atoms with Gasteiger partial charge in [0.1, 0.15) is 0 Å². The summed E-state index contributed by atoms with van der Waals surface area (Å²) in [6, 6.07) is -0.372. The van der Waals surface area contributed by atoms with Crippen molar-refractivity contribution < 1.29 is 14.3 Å². The van der Waals surface area contributed by atoms with Crippen molar-refractivity contribution in [1.29, 1.82) is 0 Å². The summed E-state index contributed by atoms with van der Waals surface area (Å²) in [6.07, 6.45) is 6.85. The number of esters is 1. The average molecular weight is 297 g/mol. The third-order valence-corrected chi connectivity index (χ3v) is 4.76. The predicted molar refractivity (Wildman–Crippen MR) is 79.7 cm³/mol. The molecule has 2 N–H and O–H groups in total. The van der Waals surface area contributed by atoms with Gasteiger partial charge in [-0.2, -0.15) is 0 Å². The Kier molecular flexibility index (Phi) is 5.85. The van der Waals surface area contributed by atoms with E-state index in [1.54, 1.807) is 4.90 Å². The van der Waals surface area contributed by atoms with Gasteiger partial charge in [-0.1, -0.05) is 19.3 Å². The highest BCUT2D eigenvalue weighted by molar-refractivity contribution is 5.73. The van der Waals surface area contributed by atoms with Crippen molar-refractivity contribution >= 4 is 12.0 Å². The Labute approximate surface area is 126 Å². The number of ether oxygens (including phenoxy) is 1. The minimum Gasteiger partial charge on any atom is -0.469 e. The van der Waals surface area contributed by atoms with E-state index in [9.17, 15) is 9.59 Å². The predicted octanol–water partition coefficient (Wildman–Crippen LogP) is 1.19. The van der Waals surface area contributed by atoms with E-state index >= 15 is 0 Å². The van der Waals surface area contributed by atoms with E-state index in [-0.39, 0.29) is 12.0 Å². The lowest BCUT2D eigenvalue weighted by Gasteiger charge is -2.42. The Bertz CT molecular complexity index is 369. The minimum absolute atomic E-state index is 0.0284. The SMILES string of the molecule is COC(=O)CC1CN(C(N)=O)CCN1CC1CCCCC1. The van der Waals surface area contributed by atoms with Crippen molar-refractivity contribution in [1.82, 2.24) is 9.80 Å². The number of nitrogens with two attached hydrogens (primary N) is 1. The largest absolute Gasteiger partial charge is 0.469 e. The average Bonchev–Trinajstić information content (AvgIpc) is 2.49. The summed E-state index contributed by atoms with van der Waals surface area (Å²) in [5.74, 6) is 0.499. The molecule has 1 heterocycles. The van der Waals surface area contributed by atoms with Crippen molar-refractivity contribution in [2.45, 2.75) is 44.6 Å². The van der Waals surface area contributed by atoms with Crippen molar-refractivity contribution in [3.8, 4) is 0 Å². The molecule has 1 atom stereocenters. The van der Waals surface area contributed by atoms with Crippen LogP contribution in [0.4, 0.5) is 4.79 Å². The first-order valence-electron chi connectivity index (χ1n) is 7.95. The molecule has 1 saturated carbocycles. The molecule has 6 heteroatoms. The molecule has 2 fully saturated rings. The normalized spacial score (nSPS) is 24.8. The number of hydrogen-bond donors (Lipinski definition) is 1. The van der Waals surface area contributed by atoms with E-state index < -0.39 is 6.03 Å². The zero-order valence-corrected chi connectivity index (χ0v) is 12.9. The lowest BCUT2D eigenvalue weighted by molar-refractivity contribution is -0.142. The lowest BCUT2D eigenvalue weighted by atomic mass is 9.88. The second-order valence-electron chi connectivity index (χ2n) is 6.22. The number of carbonyl (C=O) groups excluding carboxylic acids is 2. The van der Waals surface area contributed by atoms with Crippen LogP contribution >= 0.6 is 0 Å². The Balaban J connectivity index is 1.95. The van der Waals surface area contributed by atoms with Crippen molar-refractivity contribution in [3.63, 3.8) is 0 Å². The first kappa shape index (κ1) is 16.1. The van der Waals surface area contributed by atoms with Crippen LogP contribution in [0.2, 0.25) is 0 Å². The van der Waals surface area contributed by atoms with Crippen LogP contribution in [0.25, 0.3) is 0 Å². The molecule has 2 rings (SSSR count).